The van der Waals surface area contributed by atoms with Crippen LogP contribution in [0.1, 0.15) is 52.1 Å². The molecule has 0 radical (unpaired) electrons. The highest BCUT2D eigenvalue weighted by atomic mass is 16.5. The van der Waals surface area contributed by atoms with Crippen LogP contribution in [0.3, 0.4) is 0 Å². The van der Waals surface area contributed by atoms with Crippen LogP contribution in [0.5, 0.6) is 0 Å². The van der Waals surface area contributed by atoms with E-state index in [0.717, 1.165) is 53.8 Å². The first-order chi connectivity index (χ1) is 17.6. The number of Topliss-reactive ketones (excluding diaryl/α,β-unsaturated/α-hetero) is 1. The number of ketones is 1. The maximum Gasteiger partial charge on any atom is 0.251 e. The van der Waals surface area contributed by atoms with E-state index in [9.17, 15) is 9.59 Å². The molecule has 36 heavy (non-hydrogen) atoms. The molecule has 6 bridgehead atoms. The van der Waals surface area contributed by atoms with Crippen molar-refractivity contribution in [2.45, 2.75) is 44.7 Å². The molecule has 0 aliphatic carbocycles. The molecule has 1 atom stereocenters. The highest BCUT2D eigenvalue weighted by Gasteiger charge is 2.30. The lowest BCUT2D eigenvalue weighted by Gasteiger charge is -2.24. The van der Waals surface area contributed by atoms with E-state index in [1.54, 1.807) is 13.3 Å². The van der Waals surface area contributed by atoms with E-state index in [4.69, 9.17) is 9.72 Å². The molecule has 7 heteroatoms. The Morgan fingerprint density at radius 2 is 2.00 bits per heavy atom. The molecule has 3 heterocycles. The van der Waals surface area contributed by atoms with Crippen molar-refractivity contribution in [3.8, 4) is 11.3 Å². The largest absolute Gasteiger partial charge is 0.383 e. The molecule has 1 fully saturated rings. The number of rotatable bonds is 4. The summed E-state index contributed by atoms with van der Waals surface area (Å²) in [7, 11) is 1.61. The monoisotopic (exact) mass is 484 g/mol. The Morgan fingerprint density at radius 1 is 1.11 bits per heavy atom. The van der Waals surface area contributed by atoms with E-state index in [2.05, 4.69) is 33.4 Å². The van der Waals surface area contributed by atoms with Crippen LogP contribution in [0.4, 0.5) is 0 Å². The number of nitrogens with one attached hydrogen (secondary N) is 1. The molecule has 3 aromatic rings. The number of aryl methyl sites for hydroxylation is 1. The summed E-state index contributed by atoms with van der Waals surface area (Å²) in [5.74, 6) is 0.871. The number of ether oxygens (including phenoxy) is 1. The minimum atomic E-state index is -0.134. The number of hydrogen-bond donors (Lipinski definition) is 1. The minimum Gasteiger partial charge on any atom is -0.383 e. The summed E-state index contributed by atoms with van der Waals surface area (Å²) in [6.45, 7) is 2.43. The van der Waals surface area contributed by atoms with E-state index in [0.29, 0.717) is 49.7 Å². The van der Waals surface area contributed by atoms with Crippen molar-refractivity contribution in [3.05, 3.63) is 82.8 Å². The maximum absolute atomic E-state index is 13.2. The van der Waals surface area contributed by atoms with Crippen LogP contribution >= 0.6 is 0 Å². The number of carbonyl (C=O) groups excluding carboxylic acids is 2. The van der Waals surface area contributed by atoms with Crippen molar-refractivity contribution in [1.29, 1.82) is 0 Å². The predicted molar refractivity (Wildman–Crippen MR) is 138 cm³/mol. The fourth-order valence-corrected chi connectivity index (χ4v) is 5.22. The smallest absolute Gasteiger partial charge is 0.251 e. The predicted octanol–water partition coefficient (Wildman–Crippen LogP) is 3.59. The van der Waals surface area contributed by atoms with Gasteiger partial charge in [0.1, 0.15) is 11.6 Å². The molecule has 1 aromatic heterocycles. The number of aromatic nitrogens is 2. The number of hydrogen-bond acceptors (Lipinski definition) is 6. The zero-order valence-electron chi connectivity index (χ0n) is 20.7. The second kappa shape index (κ2) is 11.1. The molecular formula is C29H32N4O3. The van der Waals surface area contributed by atoms with E-state index in [1.807, 2.05) is 30.3 Å². The van der Waals surface area contributed by atoms with Gasteiger partial charge in [-0.25, -0.2) is 9.97 Å². The first kappa shape index (κ1) is 24.3. The first-order valence-corrected chi connectivity index (χ1v) is 12.7. The molecular weight excluding hydrogens is 452 g/mol. The lowest BCUT2D eigenvalue weighted by Crippen LogP contribution is -2.36. The molecule has 7 nitrogen and oxygen atoms in total. The van der Waals surface area contributed by atoms with Crippen molar-refractivity contribution in [2.75, 3.05) is 26.8 Å². The second-order valence-electron chi connectivity index (χ2n) is 9.62. The van der Waals surface area contributed by atoms with Gasteiger partial charge in [-0.1, -0.05) is 24.3 Å². The number of benzene rings is 2. The summed E-state index contributed by atoms with van der Waals surface area (Å²) in [4.78, 5) is 37.8. The van der Waals surface area contributed by atoms with Gasteiger partial charge in [-0.2, -0.15) is 0 Å². The van der Waals surface area contributed by atoms with Crippen molar-refractivity contribution in [2.24, 2.45) is 0 Å². The molecule has 5 rings (SSSR count). The SMILES string of the molecule is COCCNC(=O)c1cc2cc(c1)CN1CCC[C@H]1C(=O)CCc1cccc(c1)-c1ccnc(n1)C2. The first-order valence-electron chi connectivity index (χ1n) is 12.7. The van der Waals surface area contributed by atoms with Gasteiger partial charge in [-0.3, -0.25) is 14.5 Å². The van der Waals surface area contributed by atoms with Gasteiger partial charge >= 0.3 is 0 Å². The molecule has 186 valence electrons. The summed E-state index contributed by atoms with van der Waals surface area (Å²) >= 11 is 0. The molecule has 0 spiro atoms. The van der Waals surface area contributed by atoms with Crippen LogP contribution in [-0.2, 0) is 28.9 Å². The van der Waals surface area contributed by atoms with Gasteiger partial charge in [0.15, 0.2) is 0 Å². The third-order valence-corrected chi connectivity index (χ3v) is 6.98. The van der Waals surface area contributed by atoms with Crippen LogP contribution in [0.25, 0.3) is 11.3 Å². The van der Waals surface area contributed by atoms with Crippen molar-refractivity contribution in [1.82, 2.24) is 20.2 Å². The Hall–Kier alpha value is -3.42. The van der Waals surface area contributed by atoms with Crippen LogP contribution in [-0.4, -0.2) is 59.4 Å². The molecule has 1 amide bonds. The van der Waals surface area contributed by atoms with E-state index in [-0.39, 0.29) is 11.9 Å². The normalized spacial score (nSPS) is 18.0. The van der Waals surface area contributed by atoms with E-state index < -0.39 is 0 Å². The summed E-state index contributed by atoms with van der Waals surface area (Å²) in [6, 6.07) is 16.1. The van der Waals surface area contributed by atoms with Crippen molar-refractivity contribution in [3.63, 3.8) is 0 Å². The lowest BCUT2D eigenvalue weighted by atomic mass is 9.98. The topological polar surface area (TPSA) is 84.4 Å². The quantitative estimate of drug-likeness (QED) is 0.570. The zero-order chi connectivity index (χ0) is 24.9. The number of nitrogens with zero attached hydrogens (tertiary/aromatic N) is 3. The van der Waals surface area contributed by atoms with E-state index in [1.165, 1.54) is 0 Å². The van der Waals surface area contributed by atoms with Crippen LogP contribution in [0, 0.1) is 0 Å². The van der Waals surface area contributed by atoms with Gasteiger partial charge in [0.05, 0.1) is 18.3 Å². The maximum atomic E-state index is 13.2. The standard InChI is InChI=1S/C29H32N4O3/c1-36-13-11-31-29(35)24-16-21-14-22(17-24)19-33-12-3-6-26(33)27(34)8-7-20-4-2-5-23(15-20)25-9-10-30-28(18-21)32-25/h2,4-5,9-10,14-17,26H,3,6-8,11-13,18-19H2,1H3,(H,31,35)/t26-/m0/s1. The molecule has 0 saturated carbocycles. The number of fused-ring (bicyclic) bond motifs is 8. The summed E-state index contributed by atoms with van der Waals surface area (Å²) < 4.78 is 5.07. The Kier molecular flexibility index (Phi) is 7.49. The van der Waals surface area contributed by atoms with E-state index >= 15 is 0 Å². The highest BCUT2D eigenvalue weighted by molar-refractivity contribution is 5.94. The Morgan fingerprint density at radius 3 is 2.89 bits per heavy atom. The third-order valence-electron chi connectivity index (χ3n) is 6.98. The number of methoxy groups -OCH3 is 1. The molecule has 0 unspecified atom stereocenters. The number of carbonyl (C=O) groups is 2. The molecule has 1 saturated heterocycles. The fraction of sp³-hybridized carbons (Fsp3) is 0.379. The van der Waals surface area contributed by atoms with Crippen LogP contribution < -0.4 is 5.32 Å². The van der Waals surface area contributed by atoms with Gasteiger partial charge in [-0.15, -0.1) is 0 Å². The summed E-state index contributed by atoms with van der Waals surface area (Å²) in [5.41, 5.74) is 5.63. The Balaban J connectivity index is 1.54. The fourth-order valence-electron chi connectivity index (χ4n) is 5.22. The number of amides is 1. The average molecular weight is 485 g/mol. The molecule has 2 aliphatic heterocycles. The molecule has 2 aliphatic rings. The van der Waals surface area contributed by atoms with Gasteiger partial charge in [0.2, 0.25) is 0 Å². The molecule has 2 aromatic carbocycles. The van der Waals surface area contributed by atoms with Crippen LogP contribution in [0.2, 0.25) is 0 Å². The van der Waals surface area contributed by atoms with Crippen molar-refractivity contribution >= 4 is 11.7 Å². The third kappa shape index (κ3) is 5.69. The molecule has 1 N–H and O–H groups in total. The van der Waals surface area contributed by atoms with Gasteiger partial charge in [-0.05, 0) is 66.8 Å². The zero-order valence-corrected chi connectivity index (χ0v) is 20.7. The Bertz CT molecular complexity index is 1260. The van der Waals surface area contributed by atoms with Crippen molar-refractivity contribution < 1.29 is 14.3 Å². The average Bonchev–Trinajstić information content (AvgIpc) is 3.35. The van der Waals surface area contributed by atoms with Gasteiger partial charge in [0.25, 0.3) is 5.91 Å². The second-order valence-corrected chi connectivity index (χ2v) is 9.62. The summed E-state index contributed by atoms with van der Waals surface area (Å²) in [6.07, 6.45) is 5.44. The highest BCUT2D eigenvalue weighted by Crippen LogP contribution is 2.26. The van der Waals surface area contributed by atoms with Gasteiger partial charge < -0.3 is 10.1 Å². The Labute approximate surface area is 211 Å². The van der Waals surface area contributed by atoms with Crippen LogP contribution in [0.15, 0.2) is 54.7 Å². The van der Waals surface area contributed by atoms with Gasteiger partial charge in [0, 0.05) is 50.4 Å². The lowest BCUT2D eigenvalue weighted by molar-refractivity contribution is -0.123. The summed E-state index contributed by atoms with van der Waals surface area (Å²) in [5, 5.41) is 2.92. The minimum absolute atomic E-state index is 0.0696.